The van der Waals surface area contributed by atoms with Gasteiger partial charge in [-0.05, 0) is 54.4 Å². The molecule has 4 rings (SSSR count). The molecular weight excluding hydrogens is 438 g/mol. The normalized spacial score (nSPS) is 13.5. The fourth-order valence-corrected chi connectivity index (χ4v) is 3.93. The highest BCUT2D eigenvalue weighted by Crippen LogP contribution is 2.21. The van der Waals surface area contributed by atoms with Crippen LogP contribution in [-0.4, -0.2) is 43.0 Å². The number of anilines is 3. The molecule has 0 unspecified atom stereocenters. The molecule has 1 aliphatic rings. The Morgan fingerprint density at radius 2 is 1.59 bits per heavy atom. The first-order valence-corrected chi connectivity index (χ1v) is 11.1. The molecule has 3 amide bonds. The second kappa shape index (κ2) is 10.3. The summed E-state index contributed by atoms with van der Waals surface area (Å²) in [7, 11) is 0. The molecule has 0 aliphatic carbocycles. The Balaban J connectivity index is 1.27. The maximum absolute atomic E-state index is 13.7. The molecule has 3 aromatic rings. The maximum atomic E-state index is 13.7. The fourth-order valence-electron chi connectivity index (χ4n) is 3.93. The molecule has 0 bridgehead atoms. The zero-order valence-electron chi connectivity index (χ0n) is 18.9. The molecule has 0 spiro atoms. The number of piperazine rings is 1. The molecular formula is C26H26F2N4O2. The van der Waals surface area contributed by atoms with Gasteiger partial charge in [-0.3, -0.25) is 4.79 Å². The van der Waals surface area contributed by atoms with E-state index in [0.29, 0.717) is 31.3 Å². The van der Waals surface area contributed by atoms with Crippen LogP contribution < -0.4 is 15.5 Å². The molecule has 1 heterocycles. The van der Waals surface area contributed by atoms with E-state index in [1.54, 1.807) is 12.1 Å². The summed E-state index contributed by atoms with van der Waals surface area (Å²) in [6, 6.07) is 17.5. The Hall–Kier alpha value is -3.94. The predicted molar refractivity (Wildman–Crippen MR) is 129 cm³/mol. The number of hydrogen-bond donors (Lipinski definition) is 2. The number of hydrogen-bond acceptors (Lipinski definition) is 3. The SMILES string of the molecule is Cc1ccccc1CC(=O)N1CCN(c2ccc(NC(=O)Nc3ccc(F)cc3F)cc2)CC1. The summed E-state index contributed by atoms with van der Waals surface area (Å²) in [5, 5.41) is 4.99. The number of halogens is 2. The molecule has 34 heavy (non-hydrogen) atoms. The number of benzene rings is 3. The lowest BCUT2D eigenvalue weighted by Gasteiger charge is -2.36. The second-order valence-electron chi connectivity index (χ2n) is 8.22. The third kappa shape index (κ3) is 5.70. The van der Waals surface area contributed by atoms with E-state index in [9.17, 15) is 18.4 Å². The highest BCUT2D eigenvalue weighted by atomic mass is 19.1. The number of urea groups is 1. The standard InChI is InChI=1S/C26H26F2N4O2/c1-18-4-2-3-5-19(18)16-25(33)32-14-12-31(13-15-32)22-9-7-21(8-10-22)29-26(34)30-24-11-6-20(27)17-23(24)28/h2-11,17H,12-16H2,1H3,(H2,29,30,34). The average Bonchev–Trinajstić information content (AvgIpc) is 2.83. The van der Waals surface area contributed by atoms with Gasteiger partial charge in [0.15, 0.2) is 0 Å². The lowest BCUT2D eigenvalue weighted by Crippen LogP contribution is -2.49. The summed E-state index contributed by atoms with van der Waals surface area (Å²) < 4.78 is 26.7. The van der Waals surface area contributed by atoms with Crippen molar-refractivity contribution < 1.29 is 18.4 Å². The number of amides is 3. The number of aryl methyl sites for hydroxylation is 1. The number of nitrogens with zero attached hydrogens (tertiary/aromatic N) is 2. The fraction of sp³-hybridized carbons (Fsp3) is 0.231. The first kappa shape index (κ1) is 23.2. The highest BCUT2D eigenvalue weighted by Gasteiger charge is 2.22. The first-order chi connectivity index (χ1) is 16.4. The Bertz CT molecular complexity index is 1180. The van der Waals surface area contributed by atoms with Crippen LogP contribution >= 0.6 is 0 Å². The zero-order chi connectivity index (χ0) is 24.1. The summed E-state index contributed by atoms with van der Waals surface area (Å²) in [4.78, 5) is 28.9. The quantitative estimate of drug-likeness (QED) is 0.570. The minimum absolute atomic E-state index is 0.106. The van der Waals surface area contributed by atoms with E-state index in [0.717, 1.165) is 36.0 Å². The van der Waals surface area contributed by atoms with Crippen LogP contribution in [0.1, 0.15) is 11.1 Å². The number of carbonyl (C=O) groups excluding carboxylic acids is 2. The van der Waals surface area contributed by atoms with Crippen LogP contribution in [0.2, 0.25) is 0 Å². The molecule has 0 aromatic heterocycles. The molecule has 2 N–H and O–H groups in total. The van der Waals surface area contributed by atoms with Crippen molar-refractivity contribution in [3.05, 3.63) is 89.5 Å². The molecule has 1 fully saturated rings. The van der Waals surface area contributed by atoms with Gasteiger partial charge in [0.25, 0.3) is 0 Å². The van der Waals surface area contributed by atoms with Gasteiger partial charge in [-0.2, -0.15) is 0 Å². The van der Waals surface area contributed by atoms with Gasteiger partial charge in [0, 0.05) is 43.6 Å². The molecule has 0 radical (unpaired) electrons. The Kier molecular flexibility index (Phi) is 7.06. The Morgan fingerprint density at radius 3 is 2.26 bits per heavy atom. The summed E-state index contributed by atoms with van der Waals surface area (Å²) in [5.74, 6) is -1.42. The number of carbonyl (C=O) groups is 2. The summed E-state index contributed by atoms with van der Waals surface area (Å²) in [6.45, 7) is 4.75. The Labute approximate surface area is 197 Å². The topological polar surface area (TPSA) is 64.7 Å². The van der Waals surface area contributed by atoms with Crippen LogP contribution in [0, 0.1) is 18.6 Å². The van der Waals surface area contributed by atoms with Crippen LogP contribution in [0.25, 0.3) is 0 Å². The van der Waals surface area contributed by atoms with Crippen LogP contribution in [0.5, 0.6) is 0 Å². The molecule has 3 aromatic carbocycles. The van der Waals surface area contributed by atoms with E-state index in [4.69, 9.17) is 0 Å². The summed E-state index contributed by atoms with van der Waals surface area (Å²) in [6.07, 6.45) is 0.414. The van der Waals surface area contributed by atoms with E-state index in [-0.39, 0.29) is 11.6 Å². The largest absolute Gasteiger partial charge is 0.368 e. The van der Waals surface area contributed by atoms with Crippen molar-refractivity contribution in [2.24, 2.45) is 0 Å². The third-order valence-corrected chi connectivity index (χ3v) is 5.90. The molecule has 6 nitrogen and oxygen atoms in total. The van der Waals surface area contributed by atoms with Crippen LogP contribution in [0.4, 0.5) is 30.6 Å². The van der Waals surface area contributed by atoms with E-state index < -0.39 is 17.7 Å². The van der Waals surface area contributed by atoms with Gasteiger partial charge < -0.3 is 20.4 Å². The predicted octanol–water partition coefficient (Wildman–Crippen LogP) is 4.81. The lowest BCUT2D eigenvalue weighted by atomic mass is 10.1. The van der Waals surface area contributed by atoms with Crippen molar-refractivity contribution in [1.29, 1.82) is 0 Å². The van der Waals surface area contributed by atoms with Crippen molar-refractivity contribution in [2.75, 3.05) is 41.7 Å². The van der Waals surface area contributed by atoms with Crippen LogP contribution in [0.3, 0.4) is 0 Å². The van der Waals surface area contributed by atoms with Gasteiger partial charge >= 0.3 is 6.03 Å². The van der Waals surface area contributed by atoms with Crippen molar-refractivity contribution in [3.63, 3.8) is 0 Å². The molecule has 0 atom stereocenters. The van der Waals surface area contributed by atoms with Crippen molar-refractivity contribution in [2.45, 2.75) is 13.3 Å². The van der Waals surface area contributed by atoms with Gasteiger partial charge in [0.2, 0.25) is 5.91 Å². The summed E-state index contributed by atoms with van der Waals surface area (Å²) in [5.41, 5.74) is 3.60. The van der Waals surface area contributed by atoms with Crippen molar-refractivity contribution in [3.8, 4) is 0 Å². The molecule has 176 valence electrons. The highest BCUT2D eigenvalue weighted by molar-refractivity contribution is 5.99. The number of nitrogens with one attached hydrogen (secondary N) is 2. The monoisotopic (exact) mass is 464 g/mol. The zero-order valence-corrected chi connectivity index (χ0v) is 18.9. The van der Waals surface area contributed by atoms with E-state index in [1.807, 2.05) is 48.2 Å². The first-order valence-electron chi connectivity index (χ1n) is 11.1. The molecule has 1 saturated heterocycles. The van der Waals surface area contributed by atoms with Gasteiger partial charge in [-0.15, -0.1) is 0 Å². The van der Waals surface area contributed by atoms with Gasteiger partial charge in [-0.1, -0.05) is 24.3 Å². The third-order valence-electron chi connectivity index (χ3n) is 5.90. The van der Waals surface area contributed by atoms with Crippen molar-refractivity contribution in [1.82, 2.24) is 4.90 Å². The summed E-state index contributed by atoms with van der Waals surface area (Å²) >= 11 is 0. The number of rotatable bonds is 5. The molecule has 1 aliphatic heterocycles. The molecule has 0 saturated carbocycles. The van der Waals surface area contributed by atoms with E-state index in [1.165, 1.54) is 6.07 Å². The maximum Gasteiger partial charge on any atom is 0.323 e. The average molecular weight is 465 g/mol. The Morgan fingerprint density at radius 1 is 0.882 bits per heavy atom. The van der Waals surface area contributed by atoms with Crippen LogP contribution in [0.15, 0.2) is 66.7 Å². The van der Waals surface area contributed by atoms with E-state index in [2.05, 4.69) is 15.5 Å². The smallest absolute Gasteiger partial charge is 0.323 e. The lowest BCUT2D eigenvalue weighted by molar-refractivity contribution is -0.130. The minimum Gasteiger partial charge on any atom is -0.368 e. The van der Waals surface area contributed by atoms with E-state index >= 15 is 0 Å². The second-order valence-corrected chi connectivity index (χ2v) is 8.22. The van der Waals surface area contributed by atoms with Crippen LogP contribution in [-0.2, 0) is 11.2 Å². The minimum atomic E-state index is -0.845. The van der Waals surface area contributed by atoms with Gasteiger partial charge in [-0.25, -0.2) is 13.6 Å². The van der Waals surface area contributed by atoms with Gasteiger partial charge in [0.05, 0.1) is 12.1 Å². The van der Waals surface area contributed by atoms with Gasteiger partial charge in [0.1, 0.15) is 11.6 Å². The molecule has 8 heteroatoms. The van der Waals surface area contributed by atoms with Crippen molar-refractivity contribution >= 4 is 29.0 Å².